The summed E-state index contributed by atoms with van der Waals surface area (Å²) in [5, 5.41) is 2.36. The lowest BCUT2D eigenvalue weighted by atomic mass is 11.0. The fourth-order valence-electron chi connectivity index (χ4n) is 0.392. The van der Waals surface area contributed by atoms with Crippen LogP contribution in [0.15, 0.2) is 4.99 Å². The fourth-order valence-corrected chi connectivity index (χ4v) is 0.743. The maximum absolute atomic E-state index is 10.7. The number of nitrogens with one attached hydrogen (secondary N) is 1. The van der Waals surface area contributed by atoms with Gasteiger partial charge in [-0.2, -0.15) is 4.99 Å². The van der Waals surface area contributed by atoms with E-state index in [1.165, 1.54) is 14.2 Å². The van der Waals surface area contributed by atoms with E-state index in [1.807, 2.05) is 13.8 Å². The van der Waals surface area contributed by atoms with Gasteiger partial charge in [-0.05, 0) is 6.26 Å². The monoisotopic (exact) mass is 236 g/mol. The second-order valence-corrected chi connectivity index (χ2v) is 2.50. The molecule has 0 aliphatic heterocycles. The highest BCUT2D eigenvalue weighted by Gasteiger charge is 2.06. The quantitative estimate of drug-likeness (QED) is 0.513. The first-order valence-electron chi connectivity index (χ1n) is 4.19. The number of nitrogens with zero attached hydrogens (tertiary/aromatic N) is 1. The van der Waals surface area contributed by atoms with Crippen molar-refractivity contribution in [3.05, 3.63) is 0 Å². The molecule has 15 heavy (non-hydrogen) atoms. The third-order valence-electron chi connectivity index (χ3n) is 0.955. The number of rotatable bonds is 0. The van der Waals surface area contributed by atoms with Gasteiger partial charge in [0.2, 0.25) is 0 Å². The van der Waals surface area contributed by atoms with Crippen molar-refractivity contribution in [1.29, 1.82) is 0 Å². The summed E-state index contributed by atoms with van der Waals surface area (Å²) in [7, 11) is 2.41. The molecule has 7 heteroatoms. The third-order valence-corrected chi connectivity index (χ3v) is 1.54. The maximum atomic E-state index is 10.7. The van der Waals surface area contributed by atoms with Crippen LogP contribution >= 0.6 is 11.8 Å². The smallest absolute Gasteiger partial charge is 0.435 e. The number of methoxy groups -OCH3 is 2. The van der Waals surface area contributed by atoms with E-state index in [2.05, 4.69) is 19.8 Å². The molecule has 6 nitrogen and oxygen atoms in total. The van der Waals surface area contributed by atoms with Crippen molar-refractivity contribution in [2.45, 2.75) is 13.8 Å². The van der Waals surface area contributed by atoms with Crippen molar-refractivity contribution in [2.75, 3.05) is 20.5 Å². The van der Waals surface area contributed by atoms with Crippen LogP contribution in [-0.2, 0) is 9.47 Å². The molecule has 88 valence electrons. The van der Waals surface area contributed by atoms with E-state index >= 15 is 0 Å². The fraction of sp³-hybridized carbons (Fsp3) is 0.625. The molecule has 1 N–H and O–H groups in total. The number of ether oxygens (including phenoxy) is 2. The predicted octanol–water partition coefficient (Wildman–Crippen LogP) is 1.85. The Morgan fingerprint density at radius 1 is 1.20 bits per heavy atom. The zero-order valence-electron chi connectivity index (χ0n) is 9.49. The number of amides is 2. The van der Waals surface area contributed by atoms with Crippen LogP contribution in [0.4, 0.5) is 9.59 Å². The SMILES string of the molecule is CC.COC(=O)/N=C(/NC(=O)OC)SC. The van der Waals surface area contributed by atoms with E-state index < -0.39 is 12.2 Å². The summed E-state index contributed by atoms with van der Waals surface area (Å²) >= 11 is 1.09. The Kier molecular flexibility index (Phi) is 11.7. The van der Waals surface area contributed by atoms with Gasteiger partial charge in [-0.25, -0.2) is 9.59 Å². The topological polar surface area (TPSA) is 77.0 Å². The van der Waals surface area contributed by atoms with Crippen LogP contribution in [0, 0.1) is 0 Å². The van der Waals surface area contributed by atoms with Crippen molar-refractivity contribution in [2.24, 2.45) is 4.99 Å². The number of carbonyl (C=O) groups is 2. The van der Waals surface area contributed by atoms with Crippen molar-refractivity contribution in [1.82, 2.24) is 5.32 Å². The average molecular weight is 236 g/mol. The van der Waals surface area contributed by atoms with Crippen LogP contribution in [0.3, 0.4) is 0 Å². The van der Waals surface area contributed by atoms with Gasteiger partial charge in [-0.3, -0.25) is 5.32 Å². The summed E-state index contributed by atoms with van der Waals surface area (Å²) in [6, 6.07) is 0. The molecule has 0 aromatic carbocycles. The Balaban J connectivity index is 0. The highest BCUT2D eigenvalue weighted by Crippen LogP contribution is 1.96. The highest BCUT2D eigenvalue weighted by atomic mass is 32.2. The molecule has 0 saturated heterocycles. The van der Waals surface area contributed by atoms with Gasteiger partial charge in [0, 0.05) is 0 Å². The molecule has 0 aromatic heterocycles. The second-order valence-electron chi connectivity index (χ2n) is 1.71. The number of aliphatic imine (C=N–C) groups is 1. The van der Waals surface area contributed by atoms with E-state index in [4.69, 9.17) is 0 Å². The lowest BCUT2D eigenvalue weighted by Crippen LogP contribution is -2.28. The van der Waals surface area contributed by atoms with E-state index in [-0.39, 0.29) is 5.17 Å². The average Bonchev–Trinajstić information content (AvgIpc) is 2.30. The van der Waals surface area contributed by atoms with E-state index in [1.54, 1.807) is 6.26 Å². The number of hydrogen-bond donors (Lipinski definition) is 1. The van der Waals surface area contributed by atoms with Gasteiger partial charge in [0.25, 0.3) is 0 Å². The van der Waals surface area contributed by atoms with Gasteiger partial charge >= 0.3 is 12.2 Å². The molecular weight excluding hydrogens is 220 g/mol. The summed E-state index contributed by atoms with van der Waals surface area (Å²) in [6.07, 6.45) is 0.190. The molecule has 0 atom stereocenters. The van der Waals surface area contributed by atoms with Gasteiger partial charge in [-0.15, -0.1) is 0 Å². The van der Waals surface area contributed by atoms with Crippen molar-refractivity contribution >= 4 is 29.1 Å². The van der Waals surface area contributed by atoms with Crippen LogP contribution in [0.5, 0.6) is 0 Å². The number of hydrogen-bond acceptors (Lipinski definition) is 5. The zero-order valence-corrected chi connectivity index (χ0v) is 10.3. The molecule has 0 spiro atoms. The molecule has 0 unspecified atom stereocenters. The number of alkyl carbamates (subject to hydrolysis) is 1. The van der Waals surface area contributed by atoms with E-state index in [0.29, 0.717) is 0 Å². The van der Waals surface area contributed by atoms with Crippen LogP contribution in [0.1, 0.15) is 13.8 Å². The molecule has 0 heterocycles. The van der Waals surface area contributed by atoms with Crippen molar-refractivity contribution in [3.8, 4) is 0 Å². The van der Waals surface area contributed by atoms with Gasteiger partial charge in [0.15, 0.2) is 5.17 Å². The minimum absolute atomic E-state index is 0.124. The van der Waals surface area contributed by atoms with Crippen molar-refractivity contribution < 1.29 is 19.1 Å². The highest BCUT2D eigenvalue weighted by molar-refractivity contribution is 8.13. The molecule has 0 fully saturated rings. The van der Waals surface area contributed by atoms with Crippen molar-refractivity contribution in [3.63, 3.8) is 0 Å². The Bertz CT molecular complexity index is 231. The summed E-state index contributed by atoms with van der Waals surface area (Å²) in [5.41, 5.74) is 0. The van der Waals surface area contributed by atoms with E-state index in [9.17, 15) is 9.59 Å². The molecule has 0 aliphatic rings. The Labute approximate surface area is 93.4 Å². The lowest BCUT2D eigenvalue weighted by Gasteiger charge is -2.02. The summed E-state index contributed by atoms with van der Waals surface area (Å²) in [4.78, 5) is 24.7. The van der Waals surface area contributed by atoms with Gasteiger partial charge in [0.1, 0.15) is 0 Å². The predicted molar refractivity (Wildman–Crippen MR) is 60.2 cm³/mol. The van der Waals surface area contributed by atoms with Gasteiger partial charge in [-0.1, -0.05) is 25.6 Å². The molecule has 0 radical (unpaired) electrons. The first-order valence-corrected chi connectivity index (χ1v) is 5.42. The van der Waals surface area contributed by atoms with Crippen LogP contribution in [-0.4, -0.2) is 37.8 Å². The third kappa shape index (κ3) is 9.07. The molecule has 0 rings (SSSR count). The first-order chi connectivity index (χ1) is 7.13. The number of carbonyl (C=O) groups excluding carboxylic acids is 2. The summed E-state index contributed by atoms with van der Waals surface area (Å²) in [6.45, 7) is 4.00. The molecule has 0 aromatic rings. The summed E-state index contributed by atoms with van der Waals surface area (Å²) < 4.78 is 8.57. The van der Waals surface area contributed by atoms with Crippen LogP contribution in [0.25, 0.3) is 0 Å². The second kappa shape index (κ2) is 10.8. The molecule has 0 bridgehead atoms. The van der Waals surface area contributed by atoms with Crippen LogP contribution in [0.2, 0.25) is 0 Å². The lowest BCUT2D eigenvalue weighted by molar-refractivity contribution is 0.176. The minimum Gasteiger partial charge on any atom is -0.453 e. The Morgan fingerprint density at radius 2 is 1.73 bits per heavy atom. The van der Waals surface area contributed by atoms with Gasteiger partial charge < -0.3 is 9.47 Å². The first kappa shape index (κ1) is 16.2. The normalized spacial score (nSPS) is 9.53. The Morgan fingerprint density at radius 3 is 2.07 bits per heavy atom. The van der Waals surface area contributed by atoms with Crippen LogP contribution < -0.4 is 5.32 Å². The molecule has 0 aliphatic carbocycles. The largest absolute Gasteiger partial charge is 0.453 e. The number of amidine groups is 1. The molecular formula is C8H16N2O4S. The minimum atomic E-state index is -0.777. The van der Waals surface area contributed by atoms with Gasteiger partial charge in [0.05, 0.1) is 14.2 Å². The molecule has 2 amide bonds. The van der Waals surface area contributed by atoms with E-state index in [0.717, 1.165) is 11.8 Å². The zero-order chi connectivity index (χ0) is 12.3. The number of thioether (sulfide) groups is 1. The maximum Gasteiger partial charge on any atom is 0.435 e. The summed E-state index contributed by atoms with van der Waals surface area (Å²) in [5.74, 6) is 0. The molecule has 0 saturated carbocycles. The standard InChI is InChI=1S/C6H10N2O4S.C2H6/c1-11-5(9)7-4(13-3)8-6(10)12-2;1-2/h1-3H3,(H,7,8,9,10);1-2H3. The Hall–Kier alpha value is -1.24.